The zero-order chi connectivity index (χ0) is 27.7. The summed E-state index contributed by atoms with van der Waals surface area (Å²) in [5.41, 5.74) is 6.79. The number of Topliss-reactive ketones (excluding diaryl/α,β-unsaturated/α-hetero) is 1. The van der Waals surface area contributed by atoms with Crippen molar-refractivity contribution in [3.63, 3.8) is 0 Å². The minimum absolute atomic E-state index is 0.0341. The number of aromatic carboxylic acids is 1. The summed E-state index contributed by atoms with van der Waals surface area (Å²) in [6, 6.07) is 5.18. The third-order valence-corrected chi connectivity index (χ3v) is 9.09. The van der Waals surface area contributed by atoms with Gasteiger partial charge in [0.2, 0.25) is 17.6 Å². The molecule has 2 heterocycles. The molecule has 39 heavy (non-hydrogen) atoms. The Labute approximate surface area is 226 Å². The van der Waals surface area contributed by atoms with Crippen molar-refractivity contribution in [2.45, 2.75) is 69.9 Å². The van der Waals surface area contributed by atoms with Gasteiger partial charge in [0.05, 0.1) is 0 Å². The summed E-state index contributed by atoms with van der Waals surface area (Å²) in [5, 5.41) is 12.7. The molecule has 10 heteroatoms. The number of carbonyl (C=O) groups excluding carboxylic acids is 3. The molecule has 3 atom stereocenters. The van der Waals surface area contributed by atoms with Gasteiger partial charge in [-0.3, -0.25) is 14.4 Å². The number of alkyl halides is 1. The first-order chi connectivity index (χ1) is 18.7. The summed E-state index contributed by atoms with van der Waals surface area (Å²) >= 11 is 0. The molecule has 1 aromatic carbocycles. The van der Waals surface area contributed by atoms with Gasteiger partial charge in [-0.05, 0) is 87.0 Å². The van der Waals surface area contributed by atoms with Crippen molar-refractivity contribution in [2.75, 3.05) is 18.5 Å². The predicted octanol–water partition coefficient (Wildman–Crippen LogP) is 4.15. The van der Waals surface area contributed by atoms with Gasteiger partial charge in [0.25, 0.3) is 0 Å². The Bertz CT molecular complexity index is 1240. The van der Waals surface area contributed by atoms with Crippen LogP contribution >= 0.6 is 0 Å². The average molecular weight is 542 g/mol. The van der Waals surface area contributed by atoms with E-state index in [0.717, 1.165) is 12.8 Å². The summed E-state index contributed by atoms with van der Waals surface area (Å²) in [6.07, 6.45) is 5.82. The van der Waals surface area contributed by atoms with Crippen molar-refractivity contribution in [3.05, 3.63) is 30.0 Å². The lowest BCUT2D eigenvalue weighted by molar-refractivity contribution is -0.142. The fourth-order valence-electron chi connectivity index (χ4n) is 6.88. The molecule has 210 valence electrons. The van der Waals surface area contributed by atoms with Crippen molar-refractivity contribution >= 4 is 40.2 Å². The lowest BCUT2D eigenvalue weighted by Gasteiger charge is -2.36. The maximum Gasteiger partial charge on any atom is 0.371 e. The first kappa shape index (κ1) is 27.3. The number of fused-ring (bicyclic) bond motifs is 1. The molecule has 2 aliphatic carbocycles. The number of carboxylic acid groups (broad SMARTS) is 1. The number of nitrogens with one attached hydrogen (secondary N) is 1. The van der Waals surface area contributed by atoms with Crippen LogP contribution in [0.25, 0.3) is 11.0 Å². The van der Waals surface area contributed by atoms with Crippen LogP contribution in [0.4, 0.5) is 10.1 Å². The van der Waals surface area contributed by atoms with E-state index in [1.54, 1.807) is 23.1 Å². The summed E-state index contributed by atoms with van der Waals surface area (Å²) in [6.45, 7) is -0.0792. The van der Waals surface area contributed by atoms with Crippen molar-refractivity contribution < 1.29 is 33.1 Å². The number of carboxylic acids is 1. The highest BCUT2D eigenvalue weighted by atomic mass is 19.1. The van der Waals surface area contributed by atoms with E-state index in [0.29, 0.717) is 68.1 Å². The van der Waals surface area contributed by atoms with Crippen LogP contribution in [0.15, 0.2) is 28.7 Å². The Morgan fingerprint density at radius 3 is 2.46 bits per heavy atom. The second-order valence-corrected chi connectivity index (χ2v) is 11.4. The molecular formula is C29H36FN3O6. The van der Waals surface area contributed by atoms with Gasteiger partial charge in [0.1, 0.15) is 24.1 Å². The summed E-state index contributed by atoms with van der Waals surface area (Å²) in [7, 11) is 0. The number of furan rings is 1. The van der Waals surface area contributed by atoms with E-state index < -0.39 is 24.7 Å². The fourth-order valence-corrected chi connectivity index (χ4v) is 6.88. The van der Waals surface area contributed by atoms with Crippen LogP contribution in [0.5, 0.6) is 0 Å². The Morgan fingerprint density at radius 2 is 1.79 bits per heavy atom. The zero-order valence-electron chi connectivity index (χ0n) is 21.9. The number of benzene rings is 1. The highest BCUT2D eigenvalue weighted by Gasteiger charge is 2.47. The highest BCUT2D eigenvalue weighted by Crippen LogP contribution is 2.41. The number of nitrogens with two attached hydrogens (primary N) is 1. The van der Waals surface area contributed by atoms with Crippen molar-refractivity contribution in [3.8, 4) is 0 Å². The second kappa shape index (κ2) is 11.5. The van der Waals surface area contributed by atoms with Crippen molar-refractivity contribution in [1.82, 2.24) is 4.90 Å². The van der Waals surface area contributed by atoms with Crippen molar-refractivity contribution in [1.29, 1.82) is 0 Å². The number of hydrogen-bond acceptors (Lipinski definition) is 6. The van der Waals surface area contributed by atoms with E-state index in [2.05, 4.69) is 5.32 Å². The molecule has 9 nitrogen and oxygen atoms in total. The summed E-state index contributed by atoms with van der Waals surface area (Å²) in [5.74, 6) is -1.43. The SMILES string of the molecule is N[C@H](CF)C1CCC(C(=O)N2CC[C@H](C3CCC(=O)CC3)[C@@H]2C(=O)Nc2ccc3oc(C(=O)O)cc3c2)CC1. The normalized spacial score (nSPS) is 27.0. The van der Waals surface area contributed by atoms with Gasteiger partial charge >= 0.3 is 5.97 Å². The van der Waals surface area contributed by atoms with Crippen LogP contribution in [0.1, 0.15) is 68.3 Å². The summed E-state index contributed by atoms with van der Waals surface area (Å²) in [4.78, 5) is 52.4. The van der Waals surface area contributed by atoms with E-state index in [1.807, 2.05) is 0 Å². The molecule has 3 fully saturated rings. The first-order valence-corrected chi connectivity index (χ1v) is 14.0. The number of carbonyl (C=O) groups is 4. The Balaban J connectivity index is 1.35. The number of halogens is 1. The Hall–Kier alpha value is -3.27. The standard InChI is InChI=1S/C29H36FN3O6/c30-15-23(31)17-1-3-18(4-2-17)28(36)33-12-11-22(16-5-8-21(34)9-6-16)26(33)27(35)32-20-7-10-24-19(13-20)14-25(39-24)29(37)38/h7,10,13-14,16-18,22-23,26H,1-6,8-9,11-12,15,31H2,(H,32,35)(H,37,38)/t17?,18?,22-,23-,26-/m1/s1. The average Bonchev–Trinajstić information content (AvgIpc) is 3.57. The largest absolute Gasteiger partial charge is 0.475 e. The van der Waals surface area contributed by atoms with Crippen molar-refractivity contribution in [2.24, 2.45) is 29.4 Å². The number of amides is 2. The molecule has 2 amide bonds. The zero-order valence-corrected chi connectivity index (χ0v) is 21.9. The first-order valence-electron chi connectivity index (χ1n) is 14.0. The van der Waals surface area contributed by atoms with Gasteiger partial charge in [-0.25, -0.2) is 9.18 Å². The number of hydrogen-bond donors (Lipinski definition) is 3. The molecule has 2 aromatic rings. The number of rotatable bonds is 7. The van der Waals surface area contributed by atoms with Crippen LogP contribution in [-0.2, 0) is 14.4 Å². The third kappa shape index (κ3) is 5.71. The molecule has 4 N–H and O–H groups in total. The molecule has 3 aliphatic rings. The van der Waals surface area contributed by atoms with Gasteiger partial charge in [-0.15, -0.1) is 0 Å². The minimum atomic E-state index is -1.17. The van der Waals surface area contributed by atoms with E-state index in [-0.39, 0.29) is 47.0 Å². The number of likely N-dealkylation sites (tertiary alicyclic amines) is 1. The molecule has 0 radical (unpaired) electrons. The lowest BCUT2D eigenvalue weighted by Crippen LogP contribution is -2.50. The molecule has 1 saturated heterocycles. The van der Waals surface area contributed by atoms with Crippen LogP contribution in [0.3, 0.4) is 0 Å². The van der Waals surface area contributed by atoms with E-state index in [9.17, 15) is 28.7 Å². The lowest BCUT2D eigenvalue weighted by atomic mass is 9.75. The summed E-state index contributed by atoms with van der Waals surface area (Å²) < 4.78 is 18.4. The van der Waals surface area contributed by atoms with Gasteiger partial charge < -0.3 is 25.5 Å². The van der Waals surface area contributed by atoms with Gasteiger partial charge in [-0.1, -0.05) is 0 Å². The number of nitrogens with zero attached hydrogens (tertiary/aromatic N) is 1. The van der Waals surface area contributed by atoms with Crippen LogP contribution in [0, 0.1) is 23.7 Å². The fraction of sp³-hybridized carbons (Fsp3) is 0.586. The molecule has 2 saturated carbocycles. The molecule has 0 spiro atoms. The molecule has 5 rings (SSSR count). The molecule has 0 unspecified atom stereocenters. The van der Waals surface area contributed by atoms with E-state index >= 15 is 0 Å². The predicted molar refractivity (Wildman–Crippen MR) is 142 cm³/mol. The smallest absolute Gasteiger partial charge is 0.371 e. The second-order valence-electron chi connectivity index (χ2n) is 11.4. The molecule has 0 bridgehead atoms. The van der Waals surface area contributed by atoms with E-state index in [4.69, 9.17) is 10.2 Å². The van der Waals surface area contributed by atoms with Crippen LogP contribution in [0.2, 0.25) is 0 Å². The number of ketones is 1. The third-order valence-electron chi connectivity index (χ3n) is 9.09. The molecule has 1 aromatic heterocycles. The van der Waals surface area contributed by atoms with Crippen LogP contribution < -0.4 is 11.1 Å². The molecule has 1 aliphatic heterocycles. The van der Waals surface area contributed by atoms with Crippen LogP contribution in [-0.4, -0.2) is 58.9 Å². The minimum Gasteiger partial charge on any atom is -0.475 e. The van der Waals surface area contributed by atoms with E-state index in [1.165, 1.54) is 6.07 Å². The monoisotopic (exact) mass is 541 g/mol. The quantitative estimate of drug-likeness (QED) is 0.478. The topological polar surface area (TPSA) is 143 Å². The highest BCUT2D eigenvalue weighted by molar-refractivity contribution is 6.00. The van der Waals surface area contributed by atoms with Gasteiger partial charge in [-0.2, -0.15) is 0 Å². The Kier molecular flexibility index (Phi) is 8.02. The molecular weight excluding hydrogens is 505 g/mol. The maximum atomic E-state index is 13.8. The van der Waals surface area contributed by atoms with Gasteiger partial charge in [0, 0.05) is 42.4 Å². The maximum absolute atomic E-state index is 13.8. The Morgan fingerprint density at radius 1 is 1.08 bits per heavy atom. The number of anilines is 1. The van der Waals surface area contributed by atoms with Gasteiger partial charge in [0.15, 0.2) is 0 Å².